The molecule has 0 radical (unpaired) electrons. The molecule has 2 aromatic rings. The van der Waals surface area contributed by atoms with Gasteiger partial charge in [0, 0.05) is 5.38 Å². The van der Waals surface area contributed by atoms with Crippen molar-refractivity contribution in [2.45, 2.75) is 0 Å². The minimum Gasteiger partial charge on any atom is -0.431 e. The second-order valence-corrected chi connectivity index (χ2v) is 3.56. The molecule has 2 rings (SSSR count). The first kappa shape index (κ1) is 8.53. The molecule has 0 atom stereocenters. The van der Waals surface area contributed by atoms with Crippen LogP contribution >= 0.6 is 22.9 Å². The SMILES string of the molecule is Clc1csc(Oc2ccccc2)n1. The van der Waals surface area contributed by atoms with E-state index in [1.807, 2.05) is 30.3 Å². The van der Waals surface area contributed by atoms with Crippen LogP contribution in [0.4, 0.5) is 0 Å². The van der Waals surface area contributed by atoms with Gasteiger partial charge in [0.05, 0.1) is 0 Å². The zero-order chi connectivity index (χ0) is 9.10. The van der Waals surface area contributed by atoms with E-state index in [1.165, 1.54) is 11.3 Å². The number of para-hydroxylation sites is 1. The van der Waals surface area contributed by atoms with Crippen LogP contribution in [0.2, 0.25) is 5.15 Å². The maximum Gasteiger partial charge on any atom is 0.280 e. The Balaban J connectivity index is 2.15. The molecule has 0 saturated heterocycles. The topological polar surface area (TPSA) is 22.1 Å². The lowest BCUT2D eigenvalue weighted by atomic mass is 10.3. The fourth-order valence-corrected chi connectivity index (χ4v) is 1.68. The highest BCUT2D eigenvalue weighted by atomic mass is 35.5. The summed E-state index contributed by atoms with van der Waals surface area (Å²) in [5, 5.41) is 2.77. The quantitative estimate of drug-likeness (QED) is 0.758. The van der Waals surface area contributed by atoms with Gasteiger partial charge in [-0.05, 0) is 12.1 Å². The second-order valence-electron chi connectivity index (χ2n) is 2.35. The maximum atomic E-state index is 5.65. The molecule has 0 bridgehead atoms. The van der Waals surface area contributed by atoms with E-state index >= 15 is 0 Å². The lowest BCUT2D eigenvalue weighted by Gasteiger charge is -1.98. The van der Waals surface area contributed by atoms with Gasteiger partial charge in [-0.25, -0.2) is 0 Å². The smallest absolute Gasteiger partial charge is 0.280 e. The molecule has 0 unspecified atom stereocenters. The highest BCUT2D eigenvalue weighted by Gasteiger charge is 2.00. The lowest BCUT2D eigenvalue weighted by Crippen LogP contribution is -1.81. The van der Waals surface area contributed by atoms with Crippen LogP contribution in [-0.4, -0.2) is 4.98 Å². The van der Waals surface area contributed by atoms with Crippen molar-refractivity contribution in [2.24, 2.45) is 0 Å². The third-order valence-corrected chi connectivity index (χ3v) is 2.44. The standard InChI is InChI=1S/C9H6ClNOS/c10-8-6-13-9(11-8)12-7-4-2-1-3-5-7/h1-6H. The van der Waals surface area contributed by atoms with Gasteiger partial charge in [-0.15, -0.1) is 0 Å². The Morgan fingerprint density at radius 2 is 2.00 bits per heavy atom. The maximum absolute atomic E-state index is 5.65. The van der Waals surface area contributed by atoms with Crippen molar-refractivity contribution in [3.8, 4) is 10.9 Å². The summed E-state index contributed by atoms with van der Waals surface area (Å²) in [6.45, 7) is 0. The largest absolute Gasteiger partial charge is 0.431 e. The van der Waals surface area contributed by atoms with Gasteiger partial charge in [0.25, 0.3) is 5.19 Å². The third kappa shape index (κ3) is 2.20. The summed E-state index contributed by atoms with van der Waals surface area (Å²) in [7, 11) is 0. The number of benzene rings is 1. The molecule has 0 aliphatic rings. The number of hydrogen-bond acceptors (Lipinski definition) is 3. The van der Waals surface area contributed by atoms with E-state index in [0.29, 0.717) is 10.3 Å². The van der Waals surface area contributed by atoms with Gasteiger partial charge in [-0.1, -0.05) is 41.1 Å². The van der Waals surface area contributed by atoms with E-state index in [4.69, 9.17) is 16.3 Å². The number of nitrogens with zero attached hydrogens (tertiary/aromatic N) is 1. The number of ether oxygens (including phenoxy) is 1. The molecule has 0 amide bonds. The molecule has 2 nitrogen and oxygen atoms in total. The lowest BCUT2D eigenvalue weighted by molar-refractivity contribution is 0.479. The molecule has 4 heteroatoms. The molecule has 0 N–H and O–H groups in total. The van der Waals surface area contributed by atoms with Gasteiger partial charge < -0.3 is 4.74 Å². The highest BCUT2D eigenvalue weighted by molar-refractivity contribution is 7.11. The zero-order valence-electron chi connectivity index (χ0n) is 6.61. The minimum atomic E-state index is 0.468. The Morgan fingerprint density at radius 1 is 1.23 bits per heavy atom. The van der Waals surface area contributed by atoms with Crippen LogP contribution in [-0.2, 0) is 0 Å². The van der Waals surface area contributed by atoms with Crippen LogP contribution in [0.25, 0.3) is 0 Å². The van der Waals surface area contributed by atoms with Gasteiger partial charge in [-0.3, -0.25) is 0 Å². The van der Waals surface area contributed by atoms with Crippen molar-refractivity contribution >= 4 is 22.9 Å². The van der Waals surface area contributed by atoms with E-state index in [-0.39, 0.29) is 0 Å². The number of halogens is 1. The summed E-state index contributed by atoms with van der Waals surface area (Å²) in [6, 6.07) is 9.49. The normalized spacial score (nSPS) is 9.92. The summed E-state index contributed by atoms with van der Waals surface area (Å²) in [6.07, 6.45) is 0. The van der Waals surface area contributed by atoms with E-state index in [1.54, 1.807) is 5.38 Å². The van der Waals surface area contributed by atoms with Crippen LogP contribution in [0.5, 0.6) is 10.9 Å². The highest BCUT2D eigenvalue weighted by Crippen LogP contribution is 2.26. The first-order valence-electron chi connectivity index (χ1n) is 3.68. The Morgan fingerprint density at radius 3 is 2.62 bits per heavy atom. The van der Waals surface area contributed by atoms with Crippen molar-refractivity contribution in [2.75, 3.05) is 0 Å². The number of hydrogen-bond donors (Lipinski definition) is 0. The van der Waals surface area contributed by atoms with E-state index in [0.717, 1.165) is 5.75 Å². The summed E-state index contributed by atoms with van der Waals surface area (Å²) in [5.41, 5.74) is 0. The third-order valence-electron chi connectivity index (χ3n) is 1.40. The summed E-state index contributed by atoms with van der Waals surface area (Å²) in [4.78, 5) is 3.97. The van der Waals surface area contributed by atoms with Gasteiger partial charge in [0.2, 0.25) is 0 Å². The second kappa shape index (κ2) is 3.77. The number of aromatic nitrogens is 1. The molecule has 1 aromatic heterocycles. The molecule has 0 spiro atoms. The Bertz CT molecular complexity index is 388. The number of rotatable bonds is 2. The van der Waals surface area contributed by atoms with Crippen LogP contribution in [0, 0.1) is 0 Å². The molecule has 0 saturated carbocycles. The summed E-state index contributed by atoms with van der Waals surface area (Å²) in [5.74, 6) is 0.772. The molecule has 1 aromatic carbocycles. The minimum absolute atomic E-state index is 0.468. The van der Waals surface area contributed by atoms with Gasteiger partial charge in [0.15, 0.2) is 0 Å². The average molecular weight is 212 g/mol. The Labute approximate surface area is 84.8 Å². The Hall–Kier alpha value is -1.06. The van der Waals surface area contributed by atoms with E-state index in [9.17, 15) is 0 Å². The predicted octanol–water partition coefficient (Wildman–Crippen LogP) is 3.59. The van der Waals surface area contributed by atoms with E-state index < -0.39 is 0 Å². The summed E-state index contributed by atoms with van der Waals surface area (Å²) >= 11 is 7.03. The van der Waals surface area contributed by atoms with Crippen LogP contribution in [0.15, 0.2) is 35.7 Å². The van der Waals surface area contributed by atoms with Crippen molar-refractivity contribution in [3.05, 3.63) is 40.9 Å². The summed E-state index contributed by atoms with van der Waals surface area (Å²) < 4.78 is 5.42. The average Bonchev–Trinajstić information content (AvgIpc) is 2.53. The molecular weight excluding hydrogens is 206 g/mol. The molecule has 66 valence electrons. The van der Waals surface area contributed by atoms with Crippen LogP contribution in [0.3, 0.4) is 0 Å². The monoisotopic (exact) mass is 211 g/mol. The molecule has 13 heavy (non-hydrogen) atoms. The number of thiazole rings is 1. The molecular formula is C9H6ClNOS. The molecule has 0 fully saturated rings. The fourth-order valence-electron chi connectivity index (χ4n) is 0.875. The van der Waals surface area contributed by atoms with Crippen molar-refractivity contribution in [1.82, 2.24) is 4.98 Å². The van der Waals surface area contributed by atoms with E-state index in [2.05, 4.69) is 4.98 Å². The van der Waals surface area contributed by atoms with Crippen molar-refractivity contribution in [1.29, 1.82) is 0 Å². The van der Waals surface area contributed by atoms with Crippen molar-refractivity contribution < 1.29 is 4.74 Å². The first-order valence-corrected chi connectivity index (χ1v) is 4.94. The van der Waals surface area contributed by atoms with Crippen LogP contribution in [0.1, 0.15) is 0 Å². The van der Waals surface area contributed by atoms with Gasteiger partial charge in [-0.2, -0.15) is 4.98 Å². The zero-order valence-corrected chi connectivity index (χ0v) is 8.18. The van der Waals surface area contributed by atoms with Gasteiger partial charge >= 0.3 is 0 Å². The van der Waals surface area contributed by atoms with Gasteiger partial charge in [0.1, 0.15) is 10.9 Å². The Kier molecular flexibility index (Phi) is 2.47. The molecule has 1 heterocycles. The molecule has 0 aliphatic heterocycles. The predicted molar refractivity (Wildman–Crippen MR) is 53.6 cm³/mol. The molecule has 0 aliphatic carbocycles. The van der Waals surface area contributed by atoms with Crippen LogP contribution < -0.4 is 4.74 Å². The fraction of sp³-hybridized carbons (Fsp3) is 0. The van der Waals surface area contributed by atoms with Crippen molar-refractivity contribution in [3.63, 3.8) is 0 Å². The first-order chi connectivity index (χ1) is 6.34.